The smallest absolute Gasteiger partial charge is 0.187 e. The molecular weight excluding hydrogens is 933 g/mol. The standard InChI is InChI=1S/C63H84O11/c1-3-5-7-9-11-28-40-65-47-54-56(67-41-29-12-10-8-6-4-2)58(68-43-50-32-20-14-21-33-50)61(71-46-53-38-26-17-27-39-53)63(73-54)74-57-55(48-66-42-49-30-18-13-19-31-49)72-62(64)60(70-45-52-36-24-16-25-37-52)59(57)69-44-51-34-22-15-23-35-51/h13-27,30-39,54-64H,3-12,28-29,40-48H2,1-2H3/t54-,55-,56+,57-,58+,59+,60-,61-,62-,63+/m1/s1. The molecule has 0 amide bonds. The Bertz CT molecular complexity index is 2150. The first-order chi connectivity index (χ1) is 36.6. The summed E-state index contributed by atoms with van der Waals surface area (Å²) in [6, 6.07) is 50.1. The molecule has 1 N–H and O–H groups in total. The molecule has 0 unspecified atom stereocenters. The van der Waals surface area contributed by atoms with Crippen molar-refractivity contribution in [2.45, 2.75) is 185 Å². The Morgan fingerprint density at radius 1 is 0.351 bits per heavy atom. The third kappa shape index (κ3) is 19.3. The largest absolute Gasteiger partial charge is 0.379 e. The van der Waals surface area contributed by atoms with Crippen molar-refractivity contribution in [1.29, 1.82) is 0 Å². The molecule has 0 bridgehead atoms. The molecule has 10 atom stereocenters. The zero-order valence-electron chi connectivity index (χ0n) is 44.1. The van der Waals surface area contributed by atoms with Gasteiger partial charge in [-0.1, -0.05) is 230 Å². The molecule has 5 aromatic carbocycles. The first-order valence-electron chi connectivity index (χ1n) is 27.7. The summed E-state index contributed by atoms with van der Waals surface area (Å²) in [6.07, 6.45) is 5.00. The fraction of sp³-hybridized carbons (Fsp3) is 0.524. The molecule has 74 heavy (non-hydrogen) atoms. The van der Waals surface area contributed by atoms with Crippen LogP contribution in [0, 0.1) is 0 Å². The summed E-state index contributed by atoms with van der Waals surface area (Å²) in [5.74, 6) is 0. The second kappa shape index (κ2) is 33.6. The molecule has 11 heteroatoms. The number of aliphatic hydroxyl groups excluding tert-OH is 1. The van der Waals surface area contributed by atoms with Crippen molar-refractivity contribution in [3.63, 3.8) is 0 Å². The van der Waals surface area contributed by atoms with Crippen LogP contribution in [-0.4, -0.2) is 92.9 Å². The van der Waals surface area contributed by atoms with Gasteiger partial charge in [0.15, 0.2) is 12.6 Å². The van der Waals surface area contributed by atoms with Crippen LogP contribution in [0.5, 0.6) is 0 Å². The quantitative estimate of drug-likeness (QED) is 0.0392. The molecule has 7 rings (SSSR count). The number of hydrogen-bond donors (Lipinski definition) is 1. The van der Waals surface area contributed by atoms with Gasteiger partial charge < -0.3 is 52.5 Å². The van der Waals surface area contributed by atoms with E-state index in [9.17, 15) is 5.11 Å². The van der Waals surface area contributed by atoms with Crippen LogP contribution in [-0.2, 0) is 80.4 Å². The fourth-order valence-corrected chi connectivity index (χ4v) is 9.62. The van der Waals surface area contributed by atoms with Crippen LogP contribution in [0.4, 0.5) is 0 Å². The number of ether oxygens (including phenoxy) is 10. The molecule has 2 fully saturated rings. The summed E-state index contributed by atoms with van der Waals surface area (Å²) in [5.41, 5.74) is 4.89. The summed E-state index contributed by atoms with van der Waals surface area (Å²) in [6.45, 7) is 7.22. The Balaban J connectivity index is 1.25. The minimum Gasteiger partial charge on any atom is -0.379 e. The highest BCUT2D eigenvalue weighted by atomic mass is 16.8. The van der Waals surface area contributed by atoms with Gasteiger partial charge in [0, 0.05) is 13.2 Å². The molecule has 0 saturated carbocycles. The van der Waals surface area contributed by atoms with Gasteiger partial charge in [0.05, 0.1) is 46.2 Å². The van der Waals surface area contributed by atoms with Gasteiger partial charge in [-0.15, -0.1) is 0 Å². The lowest BCUT2D eigenvalue weighted by Crippen LogP contribution is -2.66. The second-order valence-electron chi connectivity index (χ2n) is 19.7. The molecule has 0 aromatic heterocycles. The Morgan fingerprint density at radius 2 is 0.730 bits per heavy atom. The van der Waals surface area contributed by atoms with E-state index in [1.165, 1.54) is 44.9 Å². The maximum absolute atomic E-state index is 12.0. The van der Waals surface area contributed by atoms with Gasteiger partial charge in [-0.2, -0.15) is 0 Å². The van der Waals surface area contributed by atoms with Gasteiger partial charge in [-0.05, 0) is 40.7 Å². The third-order valence-corrected chi connectivity index (χ3v) is 13.8. The van der Waals surface area contributed by atoms with Crippen LogP contribution in [0.1, 0.15) is 119 Å². The average molecular weight is 1020 g/mol. The molecule has 11 nitrogen and oxygen atoms in total. The number of aliphatic hydroxyl groups is 1. The van der Waals surface area contributed by atoms with Gasteiger partial charge in [0.1, 0.15) is 48.8 Å². The predicted molar refractivity (Wildman–Crippen MR) is 288 cm³/mol. The molecule has 402 valence electrons. The number of rotatable bonds is 35. The lowest BCUT2D eigenvalue weighted by molar-refractivity contribution is -0.373. The normalized spacial score (nSPS) is 24.0. The molecular formula is C63H84O11. The van der Waals surface area contributed by atoms with Gasteiger partial charge in [-0.3, -0.25) is 0 Å². The van der Waals surface area contributed by atoms with Gasteiger partial charge in [-0.25, -0.2) is 0 Å². The Kier molecular flexibility index (Phi) is 26.1. The SMILES string of the molecule is CCCCCCCCOC[C@H]1O[C@@H](O[C@H]2[C@H](OCc3ccccc3)[C@@H](OCc3ccccc3)[C@H](O)O[C@@H]2COCc2ccccc2)[C@H](OCc2ccccc2)[C@@H](OCc2ccccc2)[C@H]1OCCCCCCCC. The fourth-order valence-electron chi connectivity index (χ4n) is 9.62. The molecule has 5 aromatic rings. The van der Waals surface area contributed by atoms with E-state index in [2.05, 4.69) is 26.0 Å². The van der Waals surface area contributed by atoms with Crippen molar-refractivity contribution >= 4 is 0 Å². The van der Waals surface area contributed by atoms with Crippen molar-refractivity contribution in [2.24, 2.45) is 0 Å². The Morgan fingerprint density at radius 3 is 1.22 bits per heavy atom. The maximum atomic E-state index is 12.0. The molecule has 2 aliphatic heterocycles. The Hall–Kier alpha value is -4.34. The van der Waals surface area contributed by atoms with Crippen LogP contribution in [0.3, 0.4) is 0 Å². The number of benzene rings is 5. The highest BCUT2D eigenvalue weighted by molar-refractivity contribution is 5.17. The molecule has 0 spiro atoms. The monoisotopic (exact) mass is 1020 g/mol. The maximum Gasteiger partial charge on any atom is 0.187 e. The van der Waals surface area contributed by atoms with Gasteiger partial charge >= 0.3 is 0 Å². The minimum absolute atomic E-state index is 0.0677. The minimum atomic E-state index is -1.38. The van der Waals surface area contributed by atoms with E-state index in [0.717, 1.165) is 59.9 Å². The number of hydrogen-bond acceptors (Lipinski definition) is 11. The van der Waals surface area contributed by atoms with E-state index in [1.54, 1.807) is 0 Å². The third-order valence-electron chi connectivity index (χ3n) is 13.8. The van der Waals surface area contributed by atoms with E-state index < -0.39 is 61.4 Å². The first kappa shape index (κ1) is 57.4. The van der Waals surface area contributed by atoms with E-state index in [1.807, 2.05) is 140 Å². The molecule has 0 aliphatic carbocycles. The summed E-state index contributed by atoms with van der Waals surface area (Å²) in [7, 11) is 0. The van der Waals surface area contributed by atoms with E-state index in [-0.39, 0.29) is 33.0 Å². The van der Waals surface area contributed by atoms with Crippen LogP contribution in [0.2, 0.25) is 0 Å². The Labute approximate surface area is 442 Å². The van der Waals surface area contributed by atoms with Crippen molar-refractivity contribution in [3.05, 3.63) is 179 Å². The van der Waals surface area contributed by atoms with Crippen molar-refractivity contribution in [1.82, 2.24) is 0 Å². The lowest BCUT2D eigenvalue weighted by atomic mass is 9.95. The molecule has 0 radical (unpaired) electrons. The first-order valence-corrected chi connectivity index (χ1v) is 27.7. The zero-order chi connectivity index (χ0) is 51.3. The summed E-state index contributed by atoms with van der Waals surface area (Å²) < 4.78 is 69.0. The van der Waals surface area contributed by atoms with E-state index in [0.29, 0.717) is 26.4 Å². The van der Waals surface area contributed by atoms with Crippen LogP contribution < -0.4 is 0 Å². The van der Waals surface area contributed by atoms with Crippen molar-refractivity contribution in [3.8, 4) is 0 Å². The zero-order valence-corrected chi connectivity index (χ0v) is 44.1. The summed E-state index contributed by atoms with van der Waals surface area (Å²) in [5, 5.41) is 12.0. The summed E-state index contributed by atoms with van der Waals surface area (Å²) >= 11 is 0. The van der Waals surface area contributed by atoms with Crippen LogP contribution in [0.25, 0.3) is 0 Å². The van der Waals surface area contributed by atoms with Crippen LogP contribution in [0.15, 0.2) is 152 Å². The van der Waals surface area contributed by atoms with Crippen molar-refractivity contribution < 1.29 is 52.5 Å². The molecule has 2 heterocycles. The van der Waals surface area contributed by atoms with E-state index in [4.69, 9.17) is 47.4 Å². The van der Waals surface area contributed by atoms with Gasteiger partial charge in [0.25, 0.3) is 0 Å². The highest BCUT2D eigenvalue weighted by Gasteiger charge is 2.54. The van der Waals surface area contributed by atoms with Crippen molar-refractivity contribution in [2.75, 3.05) is 26.4 Å². The molecule has 2 aliphatic rings. The molecule has 2 saturated heterocycles. The second-order valence-corrected chi connectivity index (χ2v) is 19.7. The topological polar surface area (TPSA) is 113 Å². The lowest BCUT2D eigenvalue weighted by Gasteiger charge is -2.49. The predicted octanol–water partition coefficient (Wildman–Crippen LogP) is 12.5. The van der Waals surface area contributed by atoms with Crippen LogP contribution >= 0.6 is 0 Å². The highest BCUT2D eigenvalue weighted by Crippen LogP contribution is 2.36. The van der Waals surface area contributed by atoms with E-state index >= 15 is 0 Å². The average Bonchev–Trinajstić information content (AvgIpc) is 3.44. The van der Waals surface area contributed by atoms with Gasteiger partial charge in [0.2, 0.25) is 0 Å². The summed E-state index contributed by atoms with van der Waals surface area (Å²) in [4.78, 5) is 0. The number of unbranched alkanes of at least 4 members (excludes halogenated alkanes) is 10.